The number of fused-ring (bicyclic) bond motifs is 2. The molecular weight excluding hydrogens is 468 g/mol. The quantitative estimate of drug-likeness (QED) is 0.367. The van der Waals surface area contributed by atoms with Gasteiger partial charge in [0.1, 0.15) is 0 Å². The second-order valence-electron chi connectivity index (χ2n) is 8.65. The topological polar surface area (TPSA) is 144 Å². The van der Waals surface area contributed by atoms with Crippen molar-refractivity contribution in [2.24, 2.45) is 11.7 Å². The van der Waals surface area contributed by atoms with Gasteiger partial charge in [0.15, 0.2) is 5.65 Å². The van der Waals surface area contributed by atoms with E-state index in [1.54, 1.807) is 42.6 Å². The monoisotopic (exact) mass is 490 g/mol. The minimum atomic E-state index is -0.796. The number of amides is 2. The number of benzene rings is 1. The number of rotatable bonds is 5. The maximum atomic E-state index is 13.3. The Bertz CT molecular complexity index is 1550. The van der Waals surface area contributed by atoms with Crippen LogP contribution in [-0.4, -0.2) is 38.3 Å². The van der Waals surface area contributed by atoms with E-state index in [0.717, 1.165) is 10.4 Å². The van der Waals surface area contributed by atoms with Gasteiger partial charge in [-0.1, -0.05) is 6.07 Å². The number of nitrogens with two attached hydrogens (primary N) is 1. The van der Waals surface area contributed by atoms with Gasteiger partial charge in [-0.2, -0.15) is 0 Å². The molecule has 4 aromatic rings. The predicted molar refractivity (Wildman–Crippen MR) is 132 cm³/mol. The molecule has 5 rings (SSSR count). The Labute approximate surface area is 203 Å². The number of thiophene rings is 1. The number of hydrogen-bond acceptors (Lipinski definition) is 6. The van der Waals surface area contributed by atoms with Gasteiger partial charge >= 0.3 is 5.97 Å². The van der Waals surface area contributed by atoms with Crippen LogP contribution < -0.4 is 16.6 Å². The lowest BCUT2D eigenvalue weighted by Gasteiger charge is -2.26. The van der Waals surface area contributed by atoms with E-state index in [1.807, 2.05) is 6.07 Å². The van der Waals surface area contributed by atoms with Crippen LogP contribution in [0, 0.1) is 5.92 Å². The molecule has 0 unspecified atom stereocenters. The van der Waals surface area contributed by atoms with E-state index in [-0.39, 0.29) is 34.6 Å². The summed E-state index contributed by atoms with van der Waals surface area (Å²) in [5, 5.41) is 12.5. The van der Waals surface area contributed by atoms with Crippen LogP contribution in [0.15, 0.2) is 53.5 Å². The molecule has 0 atom stereocenters. The fourth-order valence-corrected chi connectivity index (χ4v) is 5.39. The second-order valence-corrected chi connectivity index (χ2v) is 9.74. The van der Waals surface area contributed by atoms with E-state index in [2.05, 4.69) is 10.3 Å². The van der Waals surface area contributed by atoms with E-state index in [1.165, 1.54) is 15.7 Å². The zero-order valence-electron chi connectivity index (χ0n) is 18.6. The highest BCUT2D eigenvalue weighted by Crippen LogP contribution is 2.30. The van der Waals surface area contributed by atoms with E-state index in [0.29, 0.717) is 41.5 Å². The molecule has 0 radical (unpaired) electrons. The van der Waals surface area contributed by atoms with E-state index in [9.17, 15) is 24.3 Å². The molecule has 0 saturated heterocycles. The molecule has 35 heavy (non-hydrogen) atoms. The van der Waals surface area contributed by atoms with Crippen LogP contribution in [0.4, 0.5) is 0 Å². The molecule has 1 aliphatic carbocycles. The molecule has 3 heterocycles. The summed E-state index contributed by atoms with van der Waals surface area (Å²) in [5.74, 6) is -2.01. The average Bonchev–Trinajstić information content (AvgIpc) is 3.35. The fraction of sp³-hybridized carbons (Fsp3) is 0.240. The fourth-order valence-electron chi connectivity index (χ4n) is 4.53. The highest BCUT2D eigenvalue weighted by molar-refractivity contribution is 7.17. The van der Waals surface area contributed by atoms with Crippen LogP contribution in [0.3, 0.4) is 0 Å². The van der Waals surface area contributed by atoms with Crippen molar-refractivity contribution in [2.75, 3.05) is 0 Å². The van der Waals surface area contributed by atoms with Crippen molar-refractivity contribution in [1.82, 2.24) is 14.7 Å². The smallest absolute Gasteiger partial charge is 0.306 e. The molecule has 3 aromatic heterocycles. The van der Waals surface area contributed by atoms with Crippen molar-refractivity contribution < 1.29 is 19.5 Å². The maximum Gasteiger partial charge on any atom is 0.306 e. The first-order valence-corrected chi connectivity index (χ1v) is 12.0. The minimum absolute atomic E-state index is 0.121. The molecule has 2 amide bonds. The van der Waals surface area contributed by atoms with Gasteiger partial charge in [0.25, 0.3) is 17.4 Å². The lowest BCUT2D eigenvalue weighted by molar-refractivity contribution is -0.142. The molecule has 1 saturated carbocycles. The molecule has 1 aliphatic rings. The maximum absolute atomic E-state index is 13.3. The Morgan fingerprint density at radius 3 is 2.54 bits per heavy atom. The van der Waals surface area contributed by atoms with Crippen LogP contribution in [-0.2, 0) is 4.79 Å². The number of carbonyl (C=O) groups is 3. The molecule has 0 spiro atoms. The van der Waals surface area contributed by atoms with Crippen LogP contribution in [0.5, 0.6) is 0 Å². The third kappa shape index (κ3) is 4.28. The average molecular weight is 491 g/mol. The molecule has 9 nitrogen and oxygen atoms in total. The molecule has 178 valence electrons. The third-order valence-electron chi connectivity index (χ3n) is 6.43. The number of carboxylic acid groups (broad SMARTS) is 1. The van der Waals surface area contributed by atoms with Gasteiger partial charge in [0, 0.05) is 17.1 Å². The zero-order valence-corrected chi connectivity index (χ0v) is 19.4. The van der Waals surface area contributed by atoms with Crippen molar-refractivity contribution in [1.29, 1.82) is 0 Å². The van der Waals surface area contributed by atoms with Crippen LogP contribution in [0.1, 0.15) is 45.7 Å². The van der Waals surface area contributed by atoms with Gasteiger partial charge in [-0.05, 0) is 67.6 Å². The standard InChI is InChI=1S/C25H22N4O5S/c26-21(30)20-10-9-19(35-20)14-5-8-18-17(12-14)24(32)29-11-1-2-16(22(29)28-18)23(31)27-15-6-3-13(4-7-15)25(33)34/h1-2,5,8-13,15H,3-4,6-7H2,(H2,26,30)(H,27,31)(H,33,34)/t13-,15+. The number of aliphatic carboxylic acids is 1. The van der Waals surface area contributed by atoms with Crippen LogP contribution in [0.2, 0.25) is 0 Å². The molecule has 4 N–H and O–H groups in total. The van der Waals surface area contributed by atoms with Crippen molar-refractivity contribution in [3.05, 3.63) is 69.5 Å². The summed E-state index contributed by atoms with van der Waals surface area (Å²) < 4.78 is 1.35. The number of nitrogens with zero attached hydrogens (tertiary/aromatic N) is 2. The van der Waals surface area contributed by atoms with Gasteiger partial charge in [0.2, 0.25) is 0 Å². The highest BCUT2D eigenvalue weighted by atomic mass is 32.1. The zero-order chi connectivity index (χ0) is 24.7. The van der Waals surface area contributed by atoms with Gasteiger partial charge in [-0.25, -0.2) is 4.98 Å². The van der Waals surface area contributed by atoms with Crippen molar-refractivity contribution >= 4 is 45.7 Å². The van der Waals surface area contributed by atoms with E-state index in [4.69, 9.17) is 5.73 Å². The summed E-state index contributed by atoms with van der Waals surface area (Å²) in [7, 11) is 0. The van der Waals surface area contributed by atoms with Gasteiger partial charge in [0.05, 0.1) is 27.3 Å². The molecular formula is C25H22N4O5S. The van der Waals surface area contributed by atoms with Crippen LogP contribution in [0.25, 0.3) is 27.0 Å². The predicted octanol–water partition coefficient (Wildman–Crippen LogP) is 3.05. The second kappa shape index (κ2) is 8.95. The molecule has 0 aliphatic heterocycles. The number of carbonyl (C=O) groups excluding carboxylic acids is 2. The molecule has 0 bridgehead atoms. The summed E-state index contributed by atoms with van der Waals surface area (Å²) >= 11 is 1.25. The summed E-state index contributed by atoms with van der Waals surface area (Å²) in [4.78, 5) is 54.8. The SMILES string of the molecule is NC(=O)c1ccc(-c2ccc3nc4c(C(=O)N[C@H]5CC[C@@H](C(=O)O)CC5)cccn4c(=O)c3c2)s1. The summed E-state index contributed by atoms with van der Waals surface area (Å²) in [6.07, 6.45) is 3.79. The number of carboxylic acids is 1. The van der Waals surface area contributed by atoms with Gasteiger partial charge in [-0.3, -0.25) is 23.6 Å². The Hall–Kier alpha value is -4.05. The number of aromatic nitrogens is 2. The first kappa shape index (κ1) is 22.7. The van der Waals surface area contributed by atoms with E-state index < -0.39 is 11.9 Å². The number of primary amides is 1. The van der Waals surface area contributed by atoms with Gasteiger partial charge in [-0.15, -0.1) is 11.3 Å². The number of nitrogens with one attached hydrogen (secondary N) is 1. The van der Waals surface area contributed by atoms with Crippen molar-refractivity contribution in [3.63, 3.8) is 0 Å². The Morgan fingerprint density at radius 2 is 1.86 bits per heavy atom. The Kier molecular flexibility index (Phi) is 5.81. The lowest BCUT2D eigenvalue weighted by atomic mass is 9.86. The first-order chi connectivity index (χ1) is 16.8. The highest BCUT2D eigenvalue weighted by Gasteiger charge is 2.27. The molecule has 1 aromatic carbocycles. The molecule has 1 fully saturated rings. The van der Waals surface area contributed by atoms with Crippen molar-refractivity contribution in [2.45, 2.75) is 31.7 Å². The summed E-state index contributed by atoms with van der Waals surface area (Å²) in [6.45, 7) is 0. The Morgan fingerprint density at radius 1 is 1.09 bits per heavy atom. The first-order valence-electron chi connectivity index (χ1n) is 11.2. The largest absolute Gasteiger partial charge is 0.481 e. The lowest BCUT2D eigenvalue weighted by Crippen LogP contribution is -2.39. The molecule has 10 heteroatoms. The van der Waals surface area contributed by atoms with E-state index >= 15 is 0 Å². The Balaban J connectivity index is 1.48. The van der Waals surface area contributed by atoms with Crippen molar-refractivity contribution in [3.8, 4) is 10.4 Å². The number of hydrogen-bond donors (Lipinski definition) is 3. The van der Waals surface area contributed by atoms with Gasteiger partial charge < -0.3 is 16.2 Å². The normalized spacial score (nSPS) is 17.9. The summed E-state index contributed by atoms with van der Waals surface area (Å²) in [5.41, 5.74) is 6.78. The summed E-state index contributed by atoms with van der Waals surface area (Å²) in [6, 6.07) is 11.8. The number of pyridine rings is 1. The van der Waals surface area contributed by atoms with Crippen LogP contribution >= 0.6 is 11.3 Å². The minimum Gasteiger partial charge on any atom is -0.481 e. The third-order valence-corrected chi connectivity index (χ3v) is 7.58.